The van der Waals surface area contributed by atoms with Crippen molar-refractivity contribution in [1.82, 2.24) is 15.5 Å². The van der Waals surface area contributed by atoms with Crippen molar-refractivity contribution in [3.8, 4) is 0 Å². The molecule has 2 rings (SSSR count). The number of carbonyl (C=O) groups excluding carboxylic acids is 3. The maximum Gasteiger partial charge on any atom is 0.408 e. The number of para-hydroxylation sites is 1. The minimum atomic E-state index is -0.931. The van der Waals surface area contributed by atoms with Crippen LogP contribution < -0.4 is 16.0 Å². The molecule has 33 heavy (non-hydrogen) atoms. The first-order valence-corrected chi connectivity index (χ1v) is 11.5. The first-order valence-electron chi connectivity index (χ1n) is 11.5. The molecule has 9 nitrogen and oxygen atoms in total. The van der Waals surface area contributed by atoms with Gasteiger partial charge in [0.25, 0.3) is 0 Å². The SMILES string of the molecule is CC(C)C[C@H](NC(=O)OC(C)(C)C)C(=O)NC1CCCN(C(=O)Nc2ccccc2)CC1O. The Hall–Kier alpha value is -2.81. The highest BCUT2D eigenvalue weighted by Gasteiger charge is 2.32. The fourth-order valence-electron chi connectivity index (χ4n) is 3.65. The Bertz CT molecular complexity index is 794. The van der Waals surface area contributed by atoms with Gasteiger partial charge in [-0.25, -0.2) is 9.59 Å². The zero-order valence-corrected chi connectivity index (χ0v) is 20.3. The summed E-state index contributed by atoms with van der Waals surface area (Å²) in [6, 6.07) is 7.51. The number of benzene rings is 1. The molecule has 0 bridgehead atoms. The molecule has 1 heterocycles. The summed E-state index contributed by atoms with van der Waals surface area (Å²) in [4.78, 5) is 39.4. The maximum atomic E-state index is 13.0. The molecule has 4 amide bonds. The van der Waals surface area contributed by atoms with E-state index in [2.05, 4.69) is 16.0 Å². The zero-order chi connectivity index (χ0) is 24.6. The zero-order valence-electron chi connectivity index (χ0n) is 20.3. The van der Waals surface area contributed by atoms with Crippen LogP contribution in [-0.2, 0) is 9.53 Å². The molecule has 2 unspecified atom stereocenters. The van der Waals surface area contributed by atoms with Gasteiger partial charge in [0.2, 0.25) is 5.91 Å². The lowest BCUT2D eigenvalue weighted by atomic mass is 10.0. The molecule has 9 heteroatoms. The highest BCUT2D eigenvalue weighted by Crippen LogP contribution is 2.16. The summed E-state index contributed by atoms with van der Waals surface area (Å²) in [6.45, 7) is 9.75. The number of aliphatic hydroxyl groups excluding tert-OH is 1. The molecule has 184 valence electrons. The Labute approximate surface area is 196 Å². The molecule has 1 aliphatic heterocycles. The van der Waals surface area contributed by atoms with Crippen LogP contribution >= 0.6 is 0 Å². The van der Waals surface area contributed by atoms with E-state index in [1.54, 1.807) is 37.8 Å². The van der Waals surface area contributed by atoms with E-state index in [9.17, 15) is 19.5 Å². The summed E-state index contributed by atoms with van der Waals surface area (Å²) in [5.41, 5.74) is 0.000312. The Morgan fingerprint density at radius 1 is 1.18 bits per heavy atom. The highest BCUT2D eigenvalue weighted by molar-refractivity contribution is 5.89. The lowest BCUT2D eigenvalue weighted by Gasteiger charge is -2.28. The molecular weight excluding hydrogens is 424 g/mol. The van der Waals surface area contributed by atoms with E-state index < -0.39 is 29.9 Å². The van der Waals surface area contributed by atoms with Crippen LogP contribution in [-0.4, -0.2) is 64.9 Å². The van der Waals surface area contributed by atoms with Gasteiger partial charge in [-0.3, -0.25) is 4.79 Å². The molecule has 0 aromatic heterocycles. The summed E-state index contributed by atoms with van der Waals surface area (Å²) in [5.74, 6) is -0.215. The van der Waals surface area contributed by atoms with Gasteiger partial charge in [0.05, 0.1) is 18.7 Å². The summed E-state index contributed by atoms with van der Waals surface area (Å²) < 4.78 is 5.29. The second kappa shape index (κ2) is 11.9. The van der Waals surface area contributed by atoms with Crippen molar-refractivity contribution in [2.24, 2.45) is 5.92 Å². The fourth-order valence-corrected chi connectivity index (χ4v) is 3.65. The van der Waals surface area contributed by atoms with Crippen molar-refractivity contribution >= 4 is 23.7 Å². The van der Waals surface area contributed by atoms with Gasteiger partial charge in [0.15, 0.2) is 0 Å². The molecule has 1 aliphatic rings. The summed E-state index contributed by atoms with van der Waals surface area (Å²) in [6.07, 6.45) is -0.0198. The molecule has 1 aromatic rings. The number of likely N-dealkylation sites (tertiary alicyclic amines) is 1. The molecule has 0 radical (unpaired) electrons. The van der Waals surface area contributed by atoms with E-state index in [1.807, 2.05) is 32.0 Å². The molecule has 0 spiro atoms. The predicted molar refractivity (Wildman–Crippen MR) is 127 cm³/mol. The van der Waals surface area contributed by atoms with Gasteiger partial charge < -0.3 is 30.7 Å². The topological polar surface area (TPSA) is 120 Å². The number of carbonyl (C=O) groups is 3. The minimum absolute atomic E-state index is 0.0952. The standard InChI is InChI=1S/C24H38N4O5/c1-16(2)14-19(27-23(32)33-24(3,4)5)21(30)26-18-12-9-13-28(15-20(18)29)22(31)25-17-10-7-6-8-11-17/h6-8,10-11,16,18-20,29H,9,12-15H2,1-5H3,(H,25,31)(H,26,30)(H,27,32)/t18?,19-,20?/m0/s1. The van der Waals surface area contributed by atoms with Gasteiger partial charge in [0.1, 0.15) is 11.6 Å². The van der Waals surface area contributed by atoms with Crippen molar-refractivity contribution in [3.05, 3.63) is 30.3 Å². The van der Waals surface area contributed by atoms with E-state index in [0.717, 1.165) is 0 Å². The van der Waals surface area contributed by atoms with Crippen molar-refractivity contribution in [2.75, 3.05) is 18.4 Å². The number of amides is 4. The largest absolute Gasteiger partial charge is 0.444 e. The Balaban J connectivity index is 1.97. The molecule has 3 atom stereocenters. The molecular formula is C24H38N4O5. The number of aliphatic hydroxyl groups is 1. The summed E-state index contributed by atoms with van der Waals surface area (Å²) in [7, 11) is 0. The lowest BCUT2D eigenvalue weighted by Crippen LogP contribution is -2.54. The van der Waals surface area contributed by atoms with Crippen molar-refractivity contribution < 1.29 is 24.2 Å². The van der Waals surface area contributed by atoms with Crippen LogP contribution in [0.3, 0.4) is 0 Å². The molecule has 0 aliphatic carbocycles. The third-order valence-corrected chi connectivity index (χ3v) is 5.17. The third kappa shape index (κ3) is 9.29. The molecule has 0 saturated carbocycles. The summed E-state index contributed by atoms with van der Waals surface area (Å²) >= 11 is 0. The van der Waals surface area contributed by atoms with Crippen LogP contribution in [0.5, 0.6) is 0 Å². The normalized spacial score (nSPS) is 19.9. The number of anilines is 1. The highest BCUT2D eigenvalue weighted by atomic mass is 16.6. The number of hydrogen-bond donors (Lipinski definition) is 4. The Morgan fingerprint density at radius 2 is 1.85 bits per heavy atom. The van der Waals surface area contributed by atoms with E-state index in [0.29, 0.717) is 31.5 Å². The van der Waals surface area contributed by atoms with Crippen LogP contribution in [0.2, 0.25) is 0 Å². The Kier molecular flexibility index (Phi) is 9.52. The van der Waals surface area contributed by atoms with E-state index in [4.69, 9.17) is 4.74 Å². The van der Waals surface area contributed by atoms with Crippen molar-refractivity contribution in [3.63, 3.8) is 0 Å². The number of nitrogens with zero attached hydrogens (tertiary/aromatic N) is 1. The number of ether oxygens (including phenoxy) is 1. The van der Waals surface area contributed by atoms with Crippen LogP contribution in [0.1, 0.15) is 53.9 Å². The number of rotatable bonds is 6. The lowest BCUT2D eigenvalue weighted by molar-refractivity contribution is -0.125. The first kappa shape index (κ1) is 26.4. The number of urea groups is 1. The number of β-amino-alcohol motifs (C(OH)–C–C–N with tert-alkyl or cyclic N) is 1. The molecule has 1 aromatic carbocycles. The van der Waals surface area contributed by atoms with Gasteiger partial charge >= 0.3 is 12.1 Å². The van der Waals surface area contributed by atoms with Crippen LogP contribution in [0.25, 0.3) is 0 Å². The molecule has 1 fully saturated rings. The van der Waals surface area contributed by atoms with Crippen molar-refractivity contribution in [1.29, 1.82) is 0 Å². The van der Waals surface area contributed by atoms with E-state index >= 15 is 0 Å². The number of alkyl carbamates (subject to hydrolysis) is 1. The fraction of sp³-hybridized carbons (Fsp3) is 0.625. The van der Waals surface area contributed by atoms with Crippen molar-refractivity contribution in [2.45, 2.75) is 77.7 Å². The van der Waals surface area contributed by atoms with E-state index in [1.165, 1.54) is 0 Å². The number of nitrogens with one attached hydrogen (secondary N) is 3. The number of hydrogen-bond acceptors (Lipinski definition) is 5. The van der Waals surface area contributed by atoms with Gasteiger partial charge in [-0.2, -0.15) is 0 Å². The van der Waals surface area contributed by atoms with Crippen LogP contribution in [0, 0.1) is 5.92 Å². The average molecular weight is 463 g/mol. The average Bonchev–Trinajstić information content (AvgIpc) is 2.88. The predicted octanol–water partition coefficient (Wildman–Crippen LogP) is 3.10. The maximum absolute atomic E-state index is 13.0. The van der Waals surface area contributed by atoms with Gasteiger partial charge in [-0.15, -0.1) is 0 Å². The minimum Gasteiger partial charge on any atom is -0.444 e. The second-order valence-electron chi connectivity index (χ2n) is 9.90. The first-order chi connectivity index (χ1) is 15.4. The molecule has 1 saturated heterocycles. The summed E-state index contributed by atoms with van der Waals surface area (Å²) in [5, 5.41) is 19.1. The van der Waals surface area contributed by atoms with Crippen LogP contribution in [0.4, 0.5) is 15.3 Å². The van der Waals surface area contributed by atoms with Crippen LogP contribution in [0.15, 0.2) is 30.3 Å². The van der Waals surface area contributed by atoms with Gasteiger partial charge in [0, 0.05) is 12.2 Å². The third-order valence-electron chi connectivity index (χ3n) is 5.17. The smallest absolute Gasteiger partial charge is 0.408 e. The van der Waals surface area contributed by atoms with Gasteiger partial charge in [-0.05, 0) is 58.1 Å². The quantitative estimate of drug-likeness (QED) is 0.518. The van der Waals surface area contributed by atoms with Gasteiger partial charge in [-0.1, -0.05) is 32.0 Å². The monoisotopic (exact) mass is 462 g/mol. The van der Waals surface area contributed by atoms with E-state index in [-0.39, 0.29) is 24.4 Å². The second-order valence-corrected chi connectivity index (χ2v) is 9.90. The Morgan fingerprint density at radius 3 is 2.45 bits per heavy atom. The molecule has 4 N–H and O–H groups in total.